The summed E-state index contributed by atoms with van der Waals surface area (Å²) >= 11 is 1.34. The summed E-state index contributed by atoms with van der Waals surface area (Å²) in [7, 11) is 3.60. The molecule has 1 aromatic rings. The molecule has 0 spiro atoms. The van der Waals surface area contributed by atoms with E-state index in [9.17, 15) is 4.79 Å². The first-order valence-corrected chi connectivity index (χ1v) is 6.29. The highest BCUT2D eigenvalue weighted by atomic mass is 32.2. The standard InChI is InChI=1S/C9H16N6O2S/c1-15(2)9-13-6(12-8(11)14-9)4-18-3-5(10)7(16)17/h5H,3-4,10H2,1-2H3,(H,16,17)(H2,11,12,13,14). The summed E-state index contributed by atoms with van der Waals surface area (Å²) in [5.41, 5.74) is 10.9. The van der Waals surface area contributed by atoms with E-state index in [1.54, 1.807) is 19.0 Å². The van der Waals surface area contributed by atoms with Gasteiger partial charge in [-0.05, 0) is 0 Å². The number of nitrogens with two attached hydrogens (primary N) is 2. The molecule has 5 N–H and O–H groups in total. The van der Waals surface area contributed by atoms with Crippen LogP contribution in [0.25, 0.3) is 0 Å². The molecule has 1 unspecified atom stereocenters. The van der Waals surface area contributed by atoms with E-state index in [1.165, 1.54) is 11.8 Å². The van der Waals surface area contributed by atoms with Crippen LogP contribution in [0.4, 0.5) is 11.9 Å². The number of carbonyl (C=O) groups is 1. The van der Waals surface area contributed by atoms with E-state index in [2.05, 4.69) is 15.0 Å². The lowest BCUT2D eigenvalue weighted by Crippen LogP contribution is -2.32. The van der Waals surface area contributed by atoms with Gasteiger partial charge in [-0.2, -0.15) is 26.7 Å². The third-order valence-electron chi connectivity index (χ3n) is 1.93. The highest BCUT2D eigenvalue weighted by molar-refractivity contribution is 7.98. The van der Waals surface area contributed by atoms with Crippen LogP contribution in [0.5, 0.6) is 0 Å². The van der Waals surface area contributed by atoms with Gasteiger partial charge in [-0.3, -0.25) is 4.79 Å². The minimum Gasteiger partial charge on any atom is -0.480 e. The Bertz CT molecular complexity index is 428. The van der Waals surface area contributed by atoms with Crippen LogP contribution in [-0.4, -0.2) is 51.9 Å². The first kappa shape index (κ1) is 14.5. The fraction of sp³-hybridized carbons (Fsp3) is 0.556. The third kappa shape index (κ3) is 4.34. The van der Waals surface area contributed by atoms with Crippen LogP contribution in [0.15, 0.2) is 0 Å². The Morgan fingerprint density at radius 3 is 2.67 bits per heavy atom. The van der Waals surface area contributed by atoms with Crippen molar-refractivity contribution >= 4 is 29.6 Å². The number of aromatic nitrogens is 3. The quantitative estimate of drug-likeness (QED) is 0.606. The van der Waals surface area contributed by atoms with E-state index in [0.717, 1.165) is 0 Å². The Hall–Kier alpha value is -1.61. The van der Waals surface area contributed by atoms with Crippen LogP contribution >= 0.6 is 11.8 Å². The largest absolute Gasteiger partial charge is 0.480 e. The van der Waals surface area contributed by atoms with Gasteiger partial charge in [-0.1, -0.05) is 0 Å². The predicted molar refractivity (Wildman–Crippen MR) is 70.3 cm³/mol. The number of nitrogen functional groups attached to an aromatic ring is 1. The number of thioether (sulfide) groups is 1. The maximum absolute atomic E-state index is 10.5. The fourth-order valence-corrected chi connectivity index (χ4v) is 1.86. The van der Waals surface area contributed by atoms with Gasteiger partial charge in [0.2, 0.25) is 11.9 Å². The summed E-state index contributed by atoms with van der Waals surface area (Å²) in [6.45, 7) is 0. The summed E-state index contributed by atoms with van der Waals surface area (Å²) in [6.07, 6.45) is 0. The molecule has 0 aromatic carbocycles. The number of hydrogen-bond donors (Lipinski definition) is 3. The van der Waals surface area contributed by atoms with Gasteiger partial charge in [0.1, 0.15) is 11.9 Å². The van der Waals surface area contributed by atoms with Crippen molar-refractivity contribution in [1.82, 2.24) is 15.0 Å². The van der Waals surface area contributed by atoms with Gasteiger partial charge in [-0.15, -0.1) is 0 Å². The molecule has 1 rings (SSSR count). The monoisotopic (exact) mass is 272 g/mol. The Morgan fingerprint density at radius 2 is 2.11 bits per heavy atom. The fourth-order valence-electron chi connectivity index (χ4n) is 1.04. The van der Waals surface area contributed by atoms with Crippen LogP contribution in [0.1, 0.15) is 5.82 Å². The van der Waals surface area contributed by atoms with E-state index < -0.39 is 12.0 Å². The molecule has 0 bridgehead atoms. The maximum Gasteiger partial charge on any atom is 0.321 e. The van der Waals surface area contributed by atoms with Crippen LogP contribution in [0.2, 0.25) is 0 Å². The molecule has 0 radical (unpaired) electrons. The van der Waals surface area contributed by atoms with Crippen molar-refractivity contribution in [2.45, 2.75) is 11.8 Å². The molecule has 9 heteroatoms. The van der Waals surface area contributed by atoms with E-state index in [-0.39, 0.29) is 11.7 Å². The highest BCUT2D eigenvalue weighted by Crippen LogP contribution is 2.12. The van der Waals surface area contributed by atoms with Crippen molar-refractivity contribution in [3.05, 3.63) is 5.82 Å². The second-order valence-corrected chi connectivity index (χ2v) is 4.79. The molecule has 1 atom stereocenters. The minimum atomic E-state index is -1.02. The summed E-state index contributed by atoms with van der Waals surface area (Å²) < 4.78 is 0. The van der Waals surface area contributed by atoms with E-state index in [1.807, 2.05) is 0 Å². The number of carboxylic acid groups (broad SMARTS) is 1. The van der Waals surface area contributed by atoms with Crippen molar-refractivity contribution in [2.75, 3.05) is 30.5 Å². The molecular weight excluding hydrogens is 256 g/mol. The maximum atomic E-state index is 10.5. The molecule has 0 aliphatic rings. The SMILES string of the molecule is CN(C)c1nc(N)nc(CSCC(N)C(=O)O)n1. The molecule has 0 saturated heterocycles. The zero-order valence-corrected chi connectivity index (χ0v) is 11.0. The zero-order chi connectivity index (χ0) is 13.7. The van der Waals surface area contributed by atoms with E-state index >= 15 is 0 Å². The van der Waals surface area contributed by atoms with Crippen molar-refractivity contribution < 1.29 is 9.90 Å². The molecule has 8 nitrogen and oxygen atoms in total. The second kappa shape index (κ2) is 6.36. The van der Waals surface area contributed by atoms with Crippen molar-refractivity contribution in [1.29, 1.82) is 0 Å². The summed E-state index contributed by atoms with van der Waals surface area (Å²) in [5.74, 6) is 0.833. The number of anilines is 2. The van der Waals surface area contributed by atoms with E-state index in [0.29, 0.717) is 17.5 Å². The Balaban J connectivity index is 2.59. The molecule has 0 amide bonds. The minimum absolute atomic E-state index is 0.145. The molecule has 1 heterocycles. The van der Waals surface area contributed by atoms with Crippen LogP contribution in [0, 0.1) is 0 Å². The third-order valence-corrected chi connectivity index (χ3v) is 2.99. The summed E-state index contributed by atoms with van der Waals surface area (Å²) in [6, 6.07) is -0.887. The number of carboxylic acids is 1. The number of nitrogens with zero attached hydrogens (tertiary/aromatic N) is 4. The average Bonchev–Trinajstić information content (AvgIpc) is 2.27. The van der Waals surface area contributed by atoms with Gasteiger partial charge >= 0.3 is 5.97 Å². The van der Waals surface area contributed by atoms with Crippen molar-refractivity contribution in [3.8, 4) is 0 Å². The Labute approximate surface area is 109 Å². The van der Waals surface area contributed by atoms with Gasteiger partial charge in [0.25, 0.3) is 0 Å². The van der Waals surface area contributed by atoms with Crippen LogP contribution in [-0.2, 0) is 10.5 Å². The topological polar surface area (TPSA) is 131 Å². The van der Waals surface area contributed by atoms with Crippen molar-refractivity contribution in [2.24, 2.45) is 5.73 Å². The zero-order valence-electron chi connectivity index (χ0n) is 10.2. The number of rotatable bonds is 6. The Morgan fingerprint density at radius 1 is 1.44 bits per heavy atom. The first-order valence-electron chi connectivity index (χ1n) is 5.14. The summed E-state index contributed by atoms with van der Waals surface area (Å²) in [5, 5.41) is 8.63. The molecule has 1 aromatic heterocycles. The smallest absolute Gasteiger partial charge is 0.321 e. The lowest BCUT2D eigenvalue weighted by atomic mass is 10.4. The first-order chi connectivity index (χ1) is 8.40. The molecular formula is C9H16N6O2S. The lowest BCUT2D eigenvalue weighted by Gasteiger charge is -2.11. The van der Waals surface area contributed by atoms with Gasteiger partial charge in [0, 0.05) is 19.8 Å². The van der Waals surface area contributed by atoms with Gasteiger partial charge < -0.3 is 21.5 Å². The molecule has 0 saturated carbocycles. The van der Waals surface area contributed by atoms with Crippen LogP contribution in [0.3, 0.4) is 0 Å². The molecule has 100 valence electrons. The average molecular weight is 272 g/mol. The molecule has 0 aliphatic carbocycles. The van der Waals surface area contributed by atoms with Gasteiger partial charge in [-0.25, -0.2) is 0 Å². The molecule has 0 fully saturated rings. The molecule has 18 heavy (non-hydrogen) atoms. The van der Waals surface area contributed by atoms with Crippen molar-refractivity contribution in [3.63, 3.8) is 0 Å². The summed E-state index contributed by atoms with van der Waals surface area (Å²) in [4.78, 5) is 24.4. The normalized spacial score (nSPS) is 12.2. The van der Waals surface area contributed by atoms with Gasteiger partial charge in [0.05, 0.1) is 5.75 Å². The highest BCUT2D eigenvalue weighted by Gasteiger charge is 2.12. The predicted octanol–water partition coefficient (Wildman–Crippen LogP) is -0.835. The number of aliphatic carboxylic acids is 1. The number of hydrogen-bond acceptors (Lipinski definition) is 8. The Kier molecular flexibility index (Phi) is 5.10. The second-order valence-electron chi connectivity index (χ2n) is 3.76. The van der Waals surface area contributed by atoms with E-state index in [4.69, 9.17) is 16.6 Å². The molecule has 0 aliphatic heterocycles. The van der Waals surface area contributed by atoms with Crippen LogP contribution < -0.4 is 16.4 Å². The van der Waals surface area contributed by atoms with Gasteiger partial charge in [0.15, 0.2) is 0 Å². The lowest BCUT2D eigenvalue weighted by molar-refractivity contribution is -0.137.